The van der Waals surface area contributed by atoms with Crippen molar-refractivity contribution < 1.29 is 28.7 Å². The van der Waals surface area contributed by atoms with Gasteiger partial charge in [-0.25, -0.2) is 0 Å². The summed E-state index contributed by atoms with van der Waals surface area (Å²) in [7, 11) is 0. The van der Waals surface area contributed by atoms with Crippen molar-refractivity contribution >= 4 is 11.9 Å². The summed E-state index contributed by atoms with van der Waals surface area (Å²) in [6, 6.07) is 0. The van der Waals surface area contributed by atoms with Gasteiger partial charge in [0.15, 0.2) is 0 Å². The molecule has 2 heterocycles. The van der Waals surface area contributed by atoms with Crippen molar-refractivity contribution in [3.63, 3.8) is 0 Å². The average Bonchev–Trinajstić information content (AvgIpc) is 3.03. The van der Waals surface area contributed by atoms with E-state index in [1.807, 2.05) is 0 Å². The average molecular weight is 737 g/mol. The molecule has 2 rings (SSSR count). The number of carbonyl (C=O) groups excluding carboxylic acids is 2. The molecule has 0 aromatic heterocycles. The Bertz CT molecular complexity index is 959. The number of piperidine rings is 2. The van der Waals surface area contributed by atoms with Crippen LogP contribution in [-0.2, 0) is 28.7 Å². The first-order valence-corrected chi connectivity index (χ1v) is 21.8. The van der Waals surface area contributed by atoms with Crippen LogP contribution in [0.25, 0.3) is 0 Å². The number of nitrogens with zero attached hydrogens (tertiary/aromatic N) is 2. The van der Waals surface area contributed by atoms with Crippen molar-refractivity contribution in [3.05, 3.63) is 0 Å². The molecule has 306 valence electrons. The van der Waals surface area contributed by atoms with E-state index in [-0.39, 0.29) is 46.1 Å². The van der Waals surface area contributed by atoms with Gasteiger partial charge in [-0.1, -0.05) is 104 Å². The zero-order valence-corrected chi connectivity index (χ0v) is 35.9. The molecule has 0 aliphatic carbocycles. The van der Waals surface area contributed by atoms with Crippen LogP contribution in [0.2, 0.25) is 0 Å². The standard InChI is InChI=1S/C44H84N2O6/c1-11-13-15-17-23-27-31-50-45-41(3,4)33-37(34-42(45,5)6)40(48)49-30-26-22-20-19-21-25-29-39(47)52-38-35-43(7,8)46(44(9,10)36-38)51-32-28-24-18-16-14-12-2/h37-38H,11-36H2,1-10H3. The maximum atomic E-state index is 13.1. The first-order chi connectivity index (χ1) is 24.6. The molecule has 0 aromatic rings. The lowest BCUT2D eigenvalue weighted by Crippen LogP contribution is -2.62. The molecule has 0 N–H and O–H groups in total. The van der Waals surface area contributed by atoms with Crippen LogP contribution in [0.1, 0.15) is 217 Å². The van der Waals surface area contributed by atoms with Crippen LogP contribution < -0.4 is 0 Å². The van der Waals surface area contributed by atoms with E-state index in [0.717, 1.165) is 90.3 Å². The van der Waals surface area contributed by atoms with Crippen molar-refractivity contribution in [1.82, 2.24) is 10.1 Å². The zero-order chi connectivity index (χ0) is 38.7. The van der Waals surface area contributed by atoms with E-state index in [1.54, 1.807) is 0 Å². The molecule has 8 heteroatoms. The van der Waals surface area contributed by atoms with Crippen molar-refractivity contribution in [1.29, 1.82) is 0 Å². The molecular formula is C44H84N2O6. The van der Waals surface area contributed by atoms with E-state index >= 15 is 0 Å². The van der Waals surface area contributed by atoms with E-state index in [1.165, 1.54) is 64.2 Å². The van der Waals surface area contributed by atoms with Crippen LogP contribution in [0.5, 0.6) is 0 Å². The minimum atomic E-state index is -0.230. The second-order valence-electron chi connectivity index (χ2n) is 18.7. The van der Waals surface area contributed by atoms with Crippen LogP contribution in [0.15, 0.2) is 0 Å². The molecule has 2 fully saturated rings. The zero-order valence-electron chi connectivity index (χ0n) is 35.9. The lowest BCUT2D eigenvalue weighted by Gasteiger charge is -2.53. The fourth-order valence-electron chi connectivity index (χ4n) is 9.07. The van der Waals surface area contributed by atoms with Gasteiger partial charge in [-0.15, -0.1) is 0 Å². The van der Waals surface area contributed by atoms with Crippen LogP contribution in [0.3, 0.4) is 0 Å². The normalized spacial score (nSPS) is 20.6. The van der Waals surface area contributed by atoms with Crippen LogP contribution in [0, 0.1) is 5.92 Å². The Kier molecular flexibility index (Phi) is 21.3. The van der Waals surface area contributed by atoms with Crippen molar-refractivity contribution in [2.75, 3.05) is 19.8 Å². The number of ether oxygens (including phenoxy) is 2. The Balaban J connectivity index is 1.57. The van der Waals surface area contributed by atoms with E-state index in [2.05, 4.69) is 79.4 Å². The number of hydroxylamine groups is 4. The molecule has 0 aromatic carbocycles. The van der Waals surface area contributed by atoms with Gasteiger partial charge in [-0.05, 0) is 93.9 Å². The summed E-state index contributed by atoms with van der Waals surface area (Å²) in [4.78, 5) is 38.6. The highest BCUT2D eigenvalue weighted by molar-refractivity contribution is 5.73. The van der Waals surface area contributed by atoms with Crippen LogP contribution in [-0.4, -0.2) is 70.1 Å². The van der Waals surface area contributed by atoms with Crippen molar-refractivity contribution in [2.24, 2.45) is 5.92 Å². The Morgan fingerprint density at radius 2 is 0.865 bits per heavy atom. The molecule has 52 heavy (non-hydrogen) atoms. The van der Waals surface area contributed by atoms with Crippen molar-refractivity contribution in [3.8, 4) is 0 Å². The minimum absolute atomic E-state index is 0.0617. The lowest BCUT2D eigenvalue weighted by atomic mass is 9.75. The maximum absolute atomic E-state index is 13.1. The van der Waals surface area contributed by atoms with E-state index in [9.17, 15) is 9.59 Å². The summed E-state index contributed by atoms with van der Waals surface area (Å²) in [5.74, 6) is -0.244. The number of carbonyl (C=O) groups is 2. The number of rotatable bonds is 27. The summed E-state index contributed by atoms with van der Waals surface area (Å²) in [6.07, 6.45) is 24.4. The van der Waals surface area contributed by atoms with Gasteiger partial charge in [0.05, 0.1) is 25.7 Å². The minimum Gasteiger partial charge on any atom is -0.465 e. The summed E-state index contributed by atoms with van der Waals surface area (Å²) in [6.45, 7) is 24.0. The Morgan fingerprint density at radius 1 is 0.500 bits per heavy atom. The third-order valence-electron chi connectivity index (χ3n) is 11.2. The van der Waals surface area contributed by atoms with Crippen molar-refractivity contribution in [2.45, 2.75) is 245 Å². The number of hydrogen-bond donors (Lipinski definition) is 0. The summed E-state index contributed by atoms with van der Waals surface area (Å²) in [5.41, 5.74) is -0.857. The topological polar surface area (TPSA) is 77.5 Å². The molecule has 0 atom stereocenters. The molecule has 0 radical (unpaired) electrons. The highest BCUT2D eigenvalue weighted by Crippen LogP contribution is 2.42. The number of hydrogen-bond acceptors (Lipinski definition) is 8. The smallest absolute Gasteiger partial charge is 0.309 e. The molecule has 2 saturated heterocycles. The van der Waals surface area contributed by atoms with Gasteiger partial charge in [0, 0.05) is 41.4 Å². The van der Waals surface area contributed by atoms with Crippen LogP contribution in [0.4, 0.5) is 0 Å². The molecule has 0 saturated carbocycles. The quantitative estimate of drug-likeness (QED) is 0.0609. The first-order valence-electron chi connectivity index (χ1n) is 21.8. The summed E-state index contributed by atoms with van der Waals surface area (Å²) in [5, 5.41) is 4.34. The second kappa shape index (κ2) is 23.6. The van der Waals surface area contributed by atoms with E-state index in [0.29, 0.717) is 13.0 Å². The largest absolute Gasteiger partial charge is 0.465 e. The Morgan fingerprint density at radius 3 is 1.31 bits per heavy atom. The molecule has 8 nitrogen and oxygen atoms in total. The Labute approximate surface area is 321 Å². The predicted octanol–water partition coefficient (Wildman–Crippen LogP) is 11.7. The molecule has 0 spiro atoms. The Hall–Kier alpha value is -1.22. The monoisotopic (exact) mass is 737 g/mol. The van der Waals surface area contributed by atoms with Gasteiger partial charge in [0.1, 0.15) is 6.10 Å². The highest BCUT2D eigenvalue weighted by atomic mass is 16.7. The number of esters is 2. The lowest BCUT2D eigenvalue weighted by molar-refractivity contribution is -0.293. The van der Waals surface area contributed by atoms with Gasteiger partial charge in [-0.3, -0.25) is 19.3 Å². The molecule has 2 aliphatic rings. The molecular weight excluding hydrogens is 652 g/mol. The fraction of sp³-hybridized carbons (Fsp3) is 0.955. The SMILES string of the molecule is CCCCCCCCON1C(C)(C)CC(OC(=O)CCCCCCCCOC(=O)C2CC(C)(C)N(OCCCCCCCC)C(C)(C)C2)CC1(C)C. The molecule has 0 amide bonds. The fourth-order valence-corrected chi connectivity index (χ4v) is 9.07. The maximum Gasteiger partial charge on any atom is 0.309 e. The van der Waals surface area contributed by atoms with Gasteiger partial charge >= 0.3 is 11.9 Å². The molecule has 2 aliphatic heterocycles. The number of unbranched alkanes of at least 4 members (excludes halogenated alkanes) is 15. The van der Waals surface area contributed by atoms with E-state index < -0.39 is 0 Å². The summed E-state index contributed by atoms with van der Waals surface area (Å²) < 4.78 is 11.8. The van der Waals surface area contributed by atoms with Gasteiger partial charge in [0.25, 0.3) is 0 Å². The first kappa shape index (κ1) is 46.9. The molecule has 0 unspecified atom stereocenters. The highest BCUT2D eigenvalue weighted by Gasteiger charge is 2.49. The van der Waals surface area contributed by atoms with Gasteiger partial charge in [0.2, 0.25) is 0 Å². The third kappa shape index (κ3) is 17.1. The molecule has 0 bridgehead atoms. The predicted molar refractivity (Wildman–Crippen MR) is 214 cm³/mol. The van der Waals surface area contributed by atoms with Crippen LogP contribution >= 0.6 is 0 Å². The third-order valence-corrected chi connectivity index (χ3v) is 11.2. The summed E-state index contributed by atoms with van der Waals surface area (Å²) >= 11 is 0. The second-order valence-corrected chi connectivity index (χ2v) is 18.7. The van der Waals surface area contributed by atoms with E-state index in [4.69, 9.17) is 19.1 Å². The van der Waals surface area contributed by atoms with Gasteiger partial charge < -0.3 is 9.47 Å². The van der Waals surface area contributed by atoms with Gasteiger partial charge in [-0.2, -0.15) is 10.1 Å².